The van der Waals surface area contributed by atoms with Gasteiger partial charge < -0.3 is 0 Å². The molecule has 4 rings (SSSR count). The van der Waals surface area contributed by atoms with Gasteiger partial charge in [0, 0.05) is 0 Å². The van der Waals surface area contributed by atoms with Gasteiger partial charge in [0.15, 0.2) is 0 Å². The molecule has 4 aromatic rings. The average Bonchev–Trinajstić information content (AvgIpc) is 2.89. The van der Waals surface area contributed by atoms with E-state index in [1.165, 1.54) is 15.9 Å². The lowest BCUT2D eigenvalue weighted by molar-refractivity contribution is 0.871. The maximum atomic E-state index is 12.5. The molecule has 0 fully saturated rings. The first-order valence-corrected chi connectivity index (χ1v) is 7.29. The third-order valence-corrected chi connectivity index (χ3v) is 4.46. The third-order valence-electron chi connectivity index (χ3n) is 3.41. The number of hydrogen-bond acceptors (Lipinski definition) is 4. The standard InChI is InChI=1S/C15H11N3OS/c1-2-13-17-18-14(19)11-7-9-5-3-4-6-10(9)8-12(11)16-15(18)20-13/h3-8H,2H2,1H3. The van der Waals surface area contributed by atoms with Gasteiger partial charge in [-0.3, -0.25) is 4.79 Å². The van der Waals surface area contributed by atoms with Gasteiger partial charge in [-0.15, -0.1) is 0 Å². The zero-order valence-corrected chi connectivity index (χ0v) is 11.6. The highest BCUT2D eigenvalue weighted by Crippen LogP contribution is 2.21. The lowest BCUT2D eigenvalue weighted by Crippen LogP contribution is -2.15. The highest BCUT2D eigenvalue weighted by molar-refractivity contribution is 7.16. The van der Waals surface area contributed by atoms with E-state index < -0.39 is 0 Å². The number of rotatable bonds is 1. The summed E-state index contributed by atoms with van der Waals surface area (Å²) in [5.41, 5.74) is 0.645. The summed E-state index contributed by atoms with van der Waals surface area (Å²) in [4.78, 5) is 17.8. The van der Waals surface area contributed by atoms with Crippen LogP contribution in [0.25, 0.3) is 26.6 Å². The number of aryl methyl sites for hydroxylation is 1. The predicted molar refractivity (Wildman–Crippen MR) is 81.5 cm³/mol. The molecule has 4 nitrogen and oxygen atoms in total. The Hall–Kier alpha value is -2.27. The van der Waals surface area contributed by atoms with Crippen molar-refractivity contribution in [2.45, 2.75) is 13.3 Å². The normalized spacial score (nSPS) is 11.7. The minimum atomic E-state index is -0.0910. The second-order valence-corrected chi connectivity index (χ2v) is 5.72. The van der Waals surface area contributed by atoms with E-state index in [9.17, 15) is 4.79 Å². The van der Waals surface area contributed by atoms with Crippen LogP contribution >= 0.6 is 11.3 Å². The van der Waals surface area contributed by atoms with Crippen LogP contribution in [0.15, 0.2) is 41.2 Å². The fourth-order valence-corrected chi connectivity index (χ4v) is 3.21. The summed E-state index contributed by atoms with van der Waals surface area (Å²) in [5.74, 6) is 0. The van der Waals surface area contributed by atoms with Gasteiger partial charge in [-0.2, -0.15) is 9.61 Å². The second kappa shape index (κ2) is 4.11. The predicted octanol–water partition coefficient (Wildman–Crippen LogP) is 3.02. The van der Waals surface area contributed by atoms with E-state index >= 15 is 0 Å². The molecule has 0 saturated heterocycles. The summed E-state index contributed by atoms with van der Waals surface area (Å²) in [6.45, 7) is 2.02. The van der Waals surface area contributed by atoms with E-state index in [2.05, 4.69) is 10.1 Å². The maximum absolute atomic E-state index is 12.5. The monoisotopic (exact) mass is 281 g/mol. The summed E-state index contributed by atoms with van der Waals surface area (Å²) in [7, 11) is 0. The number of aromatic nitrogens is 3. The lowest BCUT2D eigenvalue weighted by atomic mass is 10.1. The Bertz CT molecular complexity index is 1020. The molecule has 0 N–H and O–H groups in total. The average molecular weight is 281 g/mol. The van der Waals surface area contributed by atoms with Crippen molar-refractivity contribution in [3.8, 4) is 0 Å². The van der Waals surface area contributed by atoms with E-state index in [4.69, 9.17) is 0 Å². The highest BCUT2D eigenvalue weighted by atomic mass is 32.1. The molecule has 0 aliphatic carbocycles. The van der Waals surface area contributed by atoms with E-state index in [0.29, 0.717) is 10.3 Å². The smallest absolute Gasteiger partial charge is 0.267 e. The second-order valence-electron chi connectivity index (χ2n) is 4.68. The third kappa shape index (κ3) is 1.56. The fourth-order valence-electron chi connectivity index (χ4n) is 2.38. The van der Waals surface area contributed by atoms with Crippen LogP contribution < -0.4 is 5.56 Å². The molecule has 2 aromatic heterocycles. The summed E-state index contributed by atoms with van der Waals surface area (Å²) >= 11 is 1.47. The molecule has 0 unspecified atom stereocenters. The zero-order valence-electron chi connectivity index (χ0n) is 10.8. The number of benzene rings is 2. The molecule has 0 amide bonds. The molecule has 20 heavy (non-hydrogen) atoms. The van der Waals surface area contributed by atoms with Crippen molar-refractivity contribution in [1.82, 2.24) is 14.6 Å². The maximum Gasteiger partial charge on any atom is 0.283 e. The van der Waals surface area contributed by atoms with Crippen LogP contribution in [0.3, 0.4) is 0 Å². The van der Waals surface area contributed by atoms with Crippen molar-refractivity contribution in [2.75, 3.05) is 0 Å². The lowest BCUT2D eigenvalue weighted by Gasteiger charge is -2.01. The summed E-state index contributed by atoms with van der Waals surface area (Å²) in [6, 6.07) is 11.9. The van der Waals surface area contributed by atoms with Crippen LogP contribution in [-0.4, -0.2) is 14.6 Å². The molecule has 2 aromatic carbocycles. The van der Waals surface area contributed by atoms with Gasteiger partial charge in [0.05, 0.1) is 10.9 Å². The van der Waals surface area contributed by atoms with Gasteiger partial charge in [-0.25, -0.2) is 4.98 Å². The molecule has 0 bridgehead atoms. The van der Waals surface area contributed by atoms with Crippen molar-refractivity contribution in [1.29, 1.82) is 0 Å². The first kappa shape index (κ1) is 11.5. The minimum Gasteiger partial charge on any atom is -0.267 e. The molecule has 0 aliphatic heterocycles. The fraction of sp³-hybridized carbons (Fsp3) is 0.133. The van der Waals surface area contributed by atoms with Crippen LogP contribution in [0, 0.1) is 0 Å². The van der Waals surface area contributed by atoms with Gasteiger partial charge >= 0.3 is 0 Å². The minimum absolute atomic E-state index is 0.0910. The van der Waals surface area contributed by atoms with Crippen molar-refractivity contribution in [3.63, 3.8) is 0 Å². The van der Waals surface area contributed by atoms with Gasteiger partial charge in [0.2, 0.25) is 4.96 Å². The van der Waals surface area contributed by atoms with Crippen molar-refractivity contribution < 1.29 is 0 Å². The zero-order chi connectivity index (χ0) is 13.7. The van der Waals surface area contributed by atoms with Gasteiger partial charge in [-0.05, 0) is 29.3 Å². The van der Waals surface area contributed by atoms with Gasteiger partial charge in [0.1, 0.15) is 5.01 Å². The van der Waals surface area contributed by atoms with Crippen LogP contribution in [0.4, 0.5) is 0 Å². The first-order chi connectivity index (χ1) is 9.76. The molecule has 98 valence electrons. The Labute approximate surface area is 118 Å². The number of nitrogens with zero attached hydrogens (tertiary/aromatic N) is 3. The summed E-state index contributed by atoms with van der Waals surface area (Å²) < 4.78 is 1.42. The highest BCUT2D eigenvalue weighted by Gasteiger charge is 2.10. The Morgan fingerprint density at radius 2 is 1.95 bits per heavy atom. The molecule has 2 heterocycles. The quantitative estimate of drug-likeness (QED) is 0.504. The Morgan fingerprint density at radius 3 is 2.70 bits per heavy atom. The topological polar surface area (TPSA) is 47.3 Å². The first-order valence-electron chi connectivity index (χ1n) is 6.47. The number of fused-ring (bicyclic) bond motifs is 3. The molecule has 0 aliphatic rings. The van der Waals surface area contributed by atoms with Crippen molar-refractivity contribution >= 4 is 38.0 Å². The summed E-state index contributed by atoms with van der Waals surface area (Å²) in [6.07, 6.45) is 0.811. The Balaban J connectivity index is 2.21. The van der Waals surface area contributed by atoms with Crippen molar-refractivity contribution in [2.24, 2.45) is 0 Å². The van der Waals surface area contributed by atoms with E-state index in [1.807, 2.05) is 43.3 Å². The molecule has 5 heteroatoms. The van der Waals surface area contributed by atoms with Gasteiger partial charge in [-0.1, -0.05) is 42.5 Å². The number of hydrogen-bond donors (Lipinski definition) is 0. The molecular formula is C15H11N3OS. The van der Waals surface area contributed by atoms with Crippen LogP contribution in [0.5, 0.6) is 0 Å². The van der Waals surface area contributed by atoms with Crippen LogP contribution in [0.1, 0.15) is 11.9 Å². The summed E-state index contributed by atoms with van der Waals surface area (Å²) in [5, 5.41) is 8.01. The molecular weight excluding hydrogens is 270 g/mol. The van der Waals surface area contributed by atoms with E-state index in [-0.39, 0.29) is 5.56 Å². The molecule has 0 radical (unpaired) electrons. The van der Waals surface area contributed by atoms with E-state index in [0.717, 1.165) is 27.7 Å². The Morgan fingerprint density at radius 1 is 1.20 bits per heavy atom. The largest absolute Gasteiger partial charge is 0.283 e. The van der Waals surface area contributed by atoms with Gasteiger partial charge in [0.25, 0.3) is 5.56 Å². The van der Waals surface area contributed by atoms with E-state index in [1.54, 1.807) is 0 Å². The van der Waals surface area contributed by atoms with Crippen molar-refractivity contribution in [3.05, 3.63) is 51.8 Å². The van der Waals surface area contributed by atoms with Crippen LogP contribution in [-0.2, 0) is 6.42 Å². The van der Waals surface area contributed by atoms with Crippen LogP contribution in [0.2, 0.25) is 0 Å². The molecule has 0 saturated carbocycles. The molecule has 0 spiro atoms. The SMILES string of the molecule is CCc1nn2c(=O)c3cc4ccccc4cc3nc2s1. The molecule has 0 atom stereocenters. The Kier molecular flexibility index (Phi) is 2.37.